The van der Waals surface area contributed by atoms with Crippen LogP contribution in [0.1, 0.15) is 28.8 Å². The van der Waals surface area contributed by atoms with E-state index in [1.807, 2.05) is 6.07 Å². The van der Waals surface area contributed by atoms with Crippen LogP contribution in [0.4, 0.5) is 11.6 Å². The smallest absolute Gasteiger partial charge is 0.227 e. The molecule has 2 heterocycles. The molecule has 2 aliphatic carbocycles. The van der Waals surface area contributed by atoms with Gasteiger partial charge in [-0.1, -0.05) is 35.9 Å². The molecule has 3 unspecified atom stereocenters. The zero-order chi connectivity index (χ0) is 19.5. The van der Waals surface area contributed by atoms with Crippen molar-refractivity contribution in [2.24, 2.45) is 13.0 Å². The first-order chi connectivity index (χ1) is 14.2. The van der Waals surface area contributed by atoms with E-state index in [0.717, 1.165) is 49.4 Å². The molecule has 0 bridgehead atoms. The molecule has 1 saturated carbocycles. The lowest BCUT2D eigenvalue weighted by atomic mass is 10.0. The van der Waals surface area contributed by atoms with Gasteiger partial charge >= 0.3 is 0 Å². The summed E-state index contributed by atoms with van der Waals surface area (Å²) in [6.07, 6.45) is 1.11. The predicted octanol–water partition coefficient (Wildman–Crippen LogP) is 3.85. The second-order valence-electron chi connectivity index (χ2n) is 8.49. The van der Waals surface area contributed by atoms with Gasteiger partial charge < -0.3 is 14.4 Å². The topological polar surface area (TPSA) is 37.2 Å². The van der Waals surface area contributed by atoms with Crippen LogP contribution in [-0.4, -0.2) is 40.9 Å². The molecule has 3 aliphatic rings. The zero-order valence-electron chi connectivity index (χ0n) is 16.5. The fourth-order valence-corrected chi connectivity index (χ4v) is 5.63. The first-order valence-electron chi connectivity index (χ1n) is 10.4. The quantitative estimate of drug-likeness (QED) is 0.663. The number of hydrogen-bond donors (Lipinski definition) is 0. The van der Waals surface area contributed by atoms with Gasteiger partial charge in [0.1, 0.15) is 5.82 Å². The lowest BCUT2D eigenvalue weighted by molar-refractivity contribution is 0.625. The normalized spacial score (nSPS) is 25.1. The molecule has 1 aromatic heterocycles. The van der Waals surface area contributed by atoms with Crippen molar-refractivity contribution in [1.29, 1.82) is 0 Å². The zero-order valence-corrected chi connectivity index (χ0v) is 17.3. The van der Waals surface area contributed by atoms with E-state index in [1.165, 1.54) is 16.8 Å². The van der Waals surface area contributed by atoms with E-state index in [-0.39, 0.29) is 0 Å². The molecule has 3 atom stereocenters. The Morgan fingerprint density at radius 2 is 1.66 bits per heavy atom. The lowest BCUT2D eigenvalue weighted by Crippen LogP contribution is -2.47. The van der Waals surface area contributed by atoms with Gasteiger partial charge in [0.15, 0.2) is 0 Å². The maximum Gasteiger partial charge on any atom is 0.227 e. The maximum absolute atomic E-state index is 6.17. The maximum atomic E-state index is 6.17. The molecule has 6 heteroatoms. The van der Waals surface area contributed by atoms with Crippen LogP contribution < -0.4 is 9.80 Å². The van der Waals surface area contributed by atoms with Crippen molar-refractivity contribution in [3.63, 3.8) is 0 Å². The number of piperazine rings is 1. The molecule has 0 spiro atoms. The summed E-state index contributed by atoms with van der Waals surface area (Å²) < 4.78 is 2.23. The number of aromatic nitrogens is 3. The minimum atomic E-state index is 0.500. The third-order valence-corrected chi connectivity index (χ3v) is 7.19. The fraction of sp³-hybridized carbons (Fsp3) is 0.391. The summed E-state index contributed by atoms with van der Waals surface area (Å²) in [4.78, 5) is 4.82. The number of fused-ring (bicyclic) bond motifs is 3. The van der Waals surface area contributed by atoms with Crippen LogP contribution >= 0.6 is 11.6 Å². The number of anilines is 2. The third kappa shape index (κ3) is 2.75. The molecule has 5 nitrogen and oxygen atoms in total. The monoisotopic (exact) mass is 405 g/mol. The number of benzene rings is 2. The molecule has 1 saturated heterocycles. The van der Waals surface area contributed by atoms with Crippen LogP contribution in [0.3, 0.4) is 0 Å². The summed E-state index contributed by atoms with van der Waals surface area (Å²) in [6, 6.07) is 17.0. The number of hydrogen-bond acceptors (Lipinski definition) is 4. The fourth-order valence-electron chi connectivity index (χ4n) is 5.44. The van der Waals surface area contributed by atoms with E-state index in [9.17, 15) is 0 Å². The van der Waals surface area contributed by atoms with E-state index < -0.39 is 0 Å². The van der Waals surface area contributed by atoms with Gasteiger partial charge in [-0.2, -0.15) is 0 Å². The standard InChI is InChI=1S/C23H24ClN5/c1-27-22(21-19-14-15-13-16(24)7-8-18(15)20(19)21)25-26-23(27)29-11-9-28(10-12-29)17-5-3-2-4-6-17/h2-8,13,19-21H,9-12,14H2,1H3. The van der Waals surface area contributed by atoms with Gasteiger partial charge in [-0.25, -0.2) is 0 Å². The Labute approximate surface area is 175 Å². The van der Waals surface area contributed by atoms with Gasteiger partial charge in [0.2, 0.25) is 5.95 Å². The average Bonchev–Trinajstić information content (AvgIpc) is 3.11. The molecule has 1 aliphatic heterocycles. The summed E-state index contributed by atoms with van der Waals surface area (Å²) >= 11 is 6.17. The molecule has 0 N–H and O–H groups in total. The Kier molecular flexibility index (Phi) is 3.88. The summed E-state index contributed by atoms with van der Waals surface area (Å²) in [6.45, 7) is 3.96. The largest absolute Gasteiger partial charge is 0.368 e. The van der Waals surface area contributed by atoms with E-state index in [4.69, 9.17) is 11.6 Å². The van der Waals surface area contributed by atoms with Crippen LogP contribution in [0.25, 0.3) is 0 Å². The molecule has 148 valence electrons. The van der Waals surface area contributed by atoms with Gasteiger partial charge in [-0.05, 0) is 53.6 Å². The molecule has 0 amide bonds. The highest BCUT2D eigenvalue weighted by Gasteiger charge is 2.58. The molecule has 2 fully saturated rings. The molecule has 29 heavy (non-hydrogen) atoms. The Morgan fingerprint density at radius 1 is 0.897 bits per heavy atom. The summed E-state index contributed by atoms with van der Waals surface area (Å²) in [5.41, 5.74) is 4.18. The van der Waals surface area contributed by atoms with Crippen LogP contribution in [0.5, 0.6) is 0 Å². The van der Waals surface area contributed by atoms with Gasteiger partial charge in [0.05, 0.1) is 0 Å². The van der Waals surface area contributed by atoms with Crippen LogP contribution in [0, 0.1) is 5.92 Å². The Bertz CT molecular complexity index is 1050. The highest BCUT2D eigenvalue weighted by molar-refractivity contribution is 6.30. The predicted molar refractivity (Wildman–Crippen MR) is 116 cm³/mol. The Hall–Kier alpha value is -2.53. The molecule has 2 aromatic carbocycles. The number of para-hydroxylation sites is 1. The van der Waals surface area contributed by atoms with Gasteiger partial charge in [0.25, 0.3) is 0 Å². The number of halogens is 1. The van der Waals surface area contributed by atoms with Gasteiger partial charge in [-0.15, -0.1) is 10.2 Å². The molecule has 3 aromatic rings. The van der Waals surface area contributed by atoms with Gasteiger partial charge in [-0.3, -0.25) is 0 Å². The summed E-state index contributed by atoms with van der Waals surface area (Å²) in [5, 5.41) is 10.1. The highest BCUT2D eigenvalue weighted by atomic mass is 35.5. The SMILES string of the molecule is Cn1c(C2C3Cc4cc(Cl)ccc4C32)nnc1N1CCN(c2ccccc2)CC1. The lowest BCUT2D eigenvalue weighted by Gasteiger charge is -2.36. The average molecular weight is 406 g/mol. The van der Waals surface area contributed by atoms with Crippen molar-refractivity contribution >= 4 is 23.2 Å². The number of nitrogens with zero attached hydrogens (tertiary/aromatic N) is 5. The van der Waals surface area contributed by atoms with Crippen LogP contribution in [0.2, 0.25) is 5.02 Å². The Balaban J connectivity index is 1.18. The summed E-state index contributed by atoms with van der Waals surface area (Å²) in [5.74, 6) is 3.90. The second kappa shape index (κ2) is 6.49. The van der Waals surface area contributed by atoms with Crippen molar-refractivity contribution in [3.8, 4) is 0 Å². The minimum Gasteiger partial charge on any atom is -0.368 e. The highest BCUT2D eigenvalue weighted by Crippen LogP contribution is 2.66. The second-order valence-corrected chi connectivity index (χ2v) is 8.93. The van der Waals surface area contributed by atoms with Crippen molar-refractivity contribution in [2.75, 3.05) is 36.0 Å². The van der Waals surface area contributed by atoms with Crippen molar-refractivity contribution in [2.45, 2.75) is 18.3 Å². The first kappa shape index (κ1) is 17.3. The number of rotatable bonds is 3. The Morgan fingerprint density at radius 3 is 2.45 bits per heavy atom. The van der Waals surface area contributed by atoms with E-state index in [0.29, 0.717) is 17.8 Å². The van der Waals surface area contributed by atoms with Crippen LogP contribution in [-0.2, 0) is 13.5 Å². The first-order valence-corrected chi connectivity index (χ1v) is 10.8. The van der Waals surface area contributed by atoms with Crippen LogP contribution in [0.15, 0.2) is 48.5 Å². The van der Waals surface area contributed by atoms with E-state index in [2.05, 4.69) is 74.1 Å². The summed E-state index contributed by atoms with van der Waals surface area (Å²) in [7, 11) is 2.13. The molecular formula is C23H24ClN5. The molecule has 0 radical (unpaired) electrons. The molecular weight excluding hydrogens is 382 g/mol. The van der Waals surface area contributed by atoms with Crippen molar-refractivity contribution in [1.82, 2.24) is 14.8 Å². The van der Waals surface area contributed by atoms with E-state index >= 15 is 0 Å². The van der Waals surface area contributed by atoms with Gasteiger partial charge in [0, 0.05) is 49.9 Å². The minimum absolute atomic E-state index is 0.500. The van der Waals surface area contributed by atoms with Crippen molar-refractivity contribution < 1.29 is 0 Å². The van der Waals surface area contributed by atoms with E-state index in [1.54, 1.807) is 0 Å². The third-order valence-electron chi connectivity index (χ3n) is 6.96. The molecule has 6 rings (SSSR count). The van der Waals surface area contributed by atoms with Crippen molar-refractivity contribution in [3.05, 3.63) is 70.5 Å².